The zero-order chi connectivity index (χ0) is 15.1. The molecule has 0 spiro atoms. The minimum Gasteiger partial charge on any atom is -0.473 e. The minimum atomic E-state index is -0.511. The van der Waals surface area contributed by atoms with Crippen molar-refractivity contribution in [2.45, 2.75) is 20.3 Å². The van der Waals surface area contributed by atoms with Crippen molar-refractivity contribution in [3.63, 3.8) is 0 Å². The summed E-state index contributed by atoms with van der Waals surface area (Å²) in [6, 6.07) is 0. The highest BCUT2D eigenvalue weighted by atomic mass is 16.6. The largest absolute Gasteiger partial charge is 0.473 e. The van der Waals surface area contributed by atoms with Gasteiger partial charge in [-0.3, -0.25) is 10.1 Å². The predicted octanol–water partition coefficient (Wildman–Crippen LogP) is 1.46. The van der Waals surface area contributed by atoms with Crippen molar-refractivity contribution in [2.24, 2.45) is 0 Å². The first-order valence-corrected chi connectivity index (χ1v) is 6.50. The molecular weight excluding hydrogens is 262 g/mol. The summed E-state index contributed by atoms with van der Waals surface area (Å²) < 4.78 is 5.35. The van der Waals surface area contributed by atoms with Crippen LogP contribution in [0.4, 0.5) is 11.5 Å². The average molecular weight is 283 g/mol. The van der Waals surface area contributed by atoms with Crippen LogP contribution >= 0.6 is 0 Å². The van der Waals surface area contributed by atoms with E-state index in [1.54, 1.807) is 6.92 Å². The number of nitrogens with zero attached hydrogens (tertiary/aromatic N) is 4. The number of anilines is 1. The zero-order valence-electron chi connectivity index (χ0n) is 12.3. The molecule has 0 saturated heterocycles. The molecule has 1 aromatic rings. The fraction of sp³-hybridized carbons (Fsp3) is 0.667. The number of hydrogen-bond acceptors (Lipinski definition) is 7. The molecule has 0 aliphatic rings. The Balaban J connectivity index is 3.00. The van der Waals surface area contributed by atoms with E-state index in [1.165, 1.54) is 0 Å². The van der Waals surface area contributed by atoms with E-state index in [0.717, 1.165) is 13.0 Å². The van der Waals surface area contributed by atoms with Gasteiger partial charge in [-0.05, 0) is 27.4 Å². The second-order valence-corrected chi connectivity index (χ2v) is 4.61. The molecule has 0 aromatic carbocycles. The summed E-state index contributed by atoms with van der Waals surface area (Å²) in [5, 5.41) is 14.2. The topological polar surface area (TPSA) is 93.4 Å². The Morgan fingerprint density at radius 2 is 2.10 bits per heavy atom. The maximum atomic E-state index is 11.2. The SMILES string of the molecule is CCCOc1nc(C)nc(NCCN(C)C)c1[N+](=O)[O-]. The third-order valence-corrected chi connectivity index (χ3v) is 2.44. The van der Waals surface area contributed by atoms with E-state index in [1.807, 2.05) is 25.9 Å². The fourth-order valence-corrected chi connectivity index (χ4v) is 1.53. The van der Waals surface area contributed by atoms with Crippen molar-refractivity contribution in [3.8, 4) is 5.88 Å². The number of aryl methyl sites for hydroxylation is 1. The molecule has 0 radical (unpaired) electrons. The van der Waals surface area contributed by atoms with Crippen molar-refractivity contribution in [1.82, 2.24) is 14.9 Å². The first-order chi connectivity index (χ1) is 9.45. The lowest BCUT2D eigenvalue weighted by atomic mass is 10.4. The molecule has 0 atom stereocenters. The highest BCUT2D eigenvalue weighted by Gasteiger charge is 2.25. The van der Waals surface area contributed by atoms with Gasteiger partial charge < -0.3 is 15.0 Å². The van der Waals surface area contributed by atoms with Gasteiger partial charge in [0.2, 0.25) is 5.82 Å². The molecule has 0 aliphatic heterocycles. The molecule has 1 rings (SSSR count). The van der Waals surface area contributed by atoms with Gasteiger partial charge in [0.15, 0.2) is 0 Å². The number of hydrogen-bond donors (Lipinski definition) is 1. The van der Waals surface area contributed by atoms with Crippen LogP contribution in [0.5, 0.6) is 5.88 Å². The normalized spacial score (nSPS) is 10.7. The third kappa shape index (κ3) is 4.61. The lowest BCUT2D eigenvalue weighted by Gasteiger charge is -2.12. The Morgan fingerprint density at radius 3 is 2.65 bits per heavy atom. The second-order valence-electron chi connectivity index (χ2n) is 4.61. The Kier molecular flexibility index (Phi) is 6.10. The third-order valence-electron chi connectivity index (χ3n) is 2.44. The predicted molar refractivity (Wildman–Crippen MR) is 76.3 cm³/mol. The molecule has 112 valence electrons. The van der Waals surface area contributed by atoms with Crippen LogP contribution in [0.1, 0.15) is 19.2 Å². The maximum Gasteiger partial charge on any atom is 0.372 e. The first-order valence-electron chi connectivity index (χ1n) is 6.50. The Morgan fingerprint density at radius 1 is 1.40 bits per heavy atom. The number of rotatable bonds is 8. The Bertz CT molecular complexity index is 465. The summed E-state index contributed by atoms with van der Waals surface area (Å²) in [6.45, 7) is 5.28. The monoisotopic (exact) mass is 283 g/mol. The van der Waals surface area contributed by atoms with E-state index >= 15 is 0 Å². The van der Waals surface area contributed by atoms with Gasteiger partial charge in [0, 0.05) is 13.1 Å². The summed E-state index contributed by atoms with van der Waals surface area (Å²) in [4.78, 5) is 20.8. The molecule has 8 heteroatoms. The average Bonchev–Trinajstić information content (AvgIpc) is 2.34. The summed E-state index contributed by atoms with van der Waals surface area (Å²) in [5.74, 6) is 0.668. The summed E-state index contributed by atoms with van der Waals surface area (Å²) in [7, 11) is 3.86. The lowest BCUT2D eigenvalue weighted by molar-refractivity contribution is -0.385. The molecule has 1 N–H and O–H groups in total. The van der Waals surface area contributed by atoms with Crippen LogP contribution < -0.4 is 10.1 Å². The van der Waals surface area contributed by atoms with Crippen molar-refractivity contribution in [1.29, 1.82) is 0 Å². The molecule has 8 nitrogen and oxygen atoms in total. The maximum absolute atomic E-state index is 11.2. The number of likely N-dealkylation sites (N-methyl/N-ethyl adjacent to an activating group) is 1. The number of ether oxygens (including phenoxy) is 1. The van der Waals surface area contributed by atoms with E-state index in [9.17, 15) is 10.1 Å². The van der Waals surface area contributed by atoms with Crippen molar-refractivity contribution in [2.75, 3.05) is 39.1 Å². The summed E-state index contributed by atoms with van der Waals surface area (Å²) in [5.41, 5.74) is -0.206. The molecule has 0 unspecified atom stereocenters. The van der Waals surface area contributed by atoms with Crippen molar-refractivity contribution >= 4 is 11.5 Å². The van der Waals surface area contributed by atoms with Gasteiger partial charge in [0.25, 0.3) is 5.88 Å². The highest BCUT2D eigenvalue weighted by Crippen LogP contribution is 2.31. The van der Waals surface area contributed by atoms with Crippen LogP contribution in [0.25, 0.3) is 0 Å². The lowest BCUT2D eigenvalue weighted by Crippen LogP contribution is -2.22. The number of aromatic nitrogens is 2. The number of nitro groups is 1. The molecule has 0 amide bonds. The molecule has 0 aliphatic carbocycles. The first kappa shape index (κ1) is 16.1. The van der Waals surface area contributed by atoms with E-state index in [-0.39, 0.29) is 17.4 Å². The van der Waals surface area contributed by atoms with Gasteiger partial charge in [0.1, 0.15) is 5.82 Å². The van der Waals surface area contributed by atoms with Crippen molar-refractivity contribution in [3.05, 3.63) is 15.9 Å². The molecular formula is C12H21N5O3. The quantitative estimate of drug-likeness (QED) is 0.570. The van der Waals surface area contributed by atoms with Gasteiger partial charge in [-0.2, -0.15) is 4.98 Å². The Hall–Kier alpha value is -1.96. The minimum absolute atomic E-state index is 0.0247. The van der Waals surface area contributed by atoms with Gasteiger partial charge in [0.05, 0.1) is 11.5 Å². The molecule has 20 heavy (non-hydrogen) atoms. The van der Waals surface area contributed by atoms with E-state index < -0.39 is 4.92 Å². The van der Waals surface area contributed by atoms with Gasteiger partial charge in [-0.15, -0.1) is 0 Å². The van der Waals surface area contributed by atoms with E-state index in [2.05, 4.69) is 15.3 Å². The van der Waals surface area contributed by atoms with Crippen LogP contribution in [-0.2, 0) is 0 Å². The van der Waals surface area contributed by atoms with E-state index in [4.69, 9.17) is 4.74 Å². The van der Waals surface area contributed by atoms with E-state index in [0.29, 0.717) is 19.0 Å². The molecule has 1 heterocycles. The van der Waals surface area contributed by atoms with Crippen LogP contribution in [0.3, 0.4) is 0 Å². The number of nitrogens with one attached hydrogen (secondary N) is 1. The molecule has 0 fully saturated rings. The Labute approximate surface area is 118 Å². The zero-order valence-corrected chi connectivity index (χ0v) is 12.3. The van der Waals surface area contributed by atoms with Crippen LogP contribution in [-0.4, -0.2) is 53.6 Å². The second kappa shape index (κ2) is 7.59. The summed E-state index contributed by atoms with van der Waals surface area (Å²) >= 11 is 0. The van der Waals surface area contributed by atoms with Gasteiger partial charge in [-0.1, -0.05) is 6.92 Å². The molecule has 0 bridgehead atoms. The van der Waals surface area contributed by atoms with Gasteiger partial charge in [-0.25, -0.2) is 4.98 Å². The fourth-order valence-electron chi connectivity index (χ4n) is 1.53. The van der Waals surface area contributed by atoms with Crippen LogP contribution in [0, 0.1) is 17.0 Å². The van der Waals surface area contributed by atoms with Crippen molar-refractivity contribution < 1.29 is 9.66 Å². The molecule has 0 saturated carbocycles. The van der Waals surface area contributed by atoms with Crippen LogP contribution in [0.2, 0.25) is 0 Å². The van der Waals surface area contributed by atoms with Gasteiger partial charge >= 0.3 is 5.69 Å². The summed E-state index contributed by atoms with van der Waals surface area (Å²) in [6.07, 6.45) is 0.754. The smallest absolute Gasteiger partial charge is 0.372 e. The highest BCUT2D eigenvalue weighted by molar-refractivity contribution is 5.61. The standard InChI is InChI=1S/C12H21N5O3/c1-5-8-20-12-10(17(18)19)11(14-9(2)15-12)13-6-7-16(3)4/h5-8H2,1-4H3,(H,13,14,15). The van der Waals surface area contributed by atoms with Crippen LogP contribution in [0.15, 0.2) is 0 Å². The molecule has 1 aromatic heterocycles.